The summed E-state index contributed by atoms with van der Waals surface area (Å²) in [4.78, 5) is 15.5. The number of carboxylic acids is 1. The third-order valence-corrected chi connectivity index (χ3v) is 5.46. The second-order valence-electron chi connectivity index (χ2n) is 5.04. The molecule has 2 heterocycles. The van der Waals surface area contributed by atoms with Crippen LogP contribution in [0.3, 0.4) is 0 Å². The van der Waals surface area contributed by atoms with Crippen LogP contribution in [0.15, 0.2) is 24.5 Å². The van der Waals surface area contributed by atoms with E-state index in [1.807, 2.05) is 0 Å². The summed E-state index contributed by atoms with van der Waals surface area (Å²) < 4.78 is 25.2. The lowest BCUT2D eigenvalue weighted by atomic mass is 10.1. The molecule has 1 aromatic heterocycles. The molecule has 1 aromatic carbocycles. The minimum Gasteiger partial charge on any atom is -0.478 e. The number of nitrogens with zero attached hydrogens (tertiary/aromatic N) is 2. The number of fused-ring (bicyclic) bond motifs is 1. The predicted octanol–water partition coefficient (Wildman–Crippen LogP) is 1.48. The SMILES string of the molecule is O=C(O)c1cccc2ncn(C3CCCS(=O)(=O)C3)c12. The smallest absolute Gasteiger partial charge is 0.337 e. The maximum absolute atomic E-state index is 11.8. The molecule has 1 saturated heterocycles. The lowest BCUT2D eigenvalue weighted by molar-refractivity contribution is 0.0698. The number of hydrogen-bond donors (Lipinski definition) is 1. The fourth-order valence-corrected chi connectivity index (χ4v) is 4.44. The highest BCUT2D eigenvalue weighted by Gasteiger charge is 2.28. The Labute approximate surface area is 116 Å². The van der Waals surface area contributed by atoms with Gasteiger partial charge in [-0.15, -0.1) is 0 Å². The Balaban J connectivity index is 2.15. The van der Waals surface area contributed by atoms with Crippen LogP contribution >= 0.6 is 0 Å². The van der Waals surface area contributed by atoms with Crippen molar-refractivity contribution in [2.45, 2.75) is 18.9 Å². The molecule has 7 heteroatoms. The summed E-state index contributed by atoms with van der Waals surface area (Å²) in [5, 5.41) is 9.27. The highest BCUT2D eigenvalue weighted by Crippen LogP contribution is 2.28. The van der Waals surface area contributed by atoms with Gasteiger partial charge >= 0.3 is 5.97 Å². The summed E-state index contributed by atoms with van der Waals surface area (Å²) in [5.74, 6) is -0.773. The maximum atomic E-state index is 11.8. The topological polar surface area (TPSA) is 89.3 Å². The second kappa shape index (κ2) is 4.59. The highest BCUT2D eigenvalue weighted by atomic mass is 32.2. The summed E-state index contributed by atoms with van der Waals surface area (Å²) in [6, 6.07) is 4.65. The van der Waals surface area contributed by atoms with Gasteiger partial charge in [0.2, 0.25) is 0 Å². The zero-order valence-electron chi connectivity index (χ0n) is 10.7. The average Bonchev–Trinajstić information content (AvgIpc) is 2.80. The molecule has 1 fully saturated rings. The fourth-order valence-electron chi connectivity index (χ4n) is 2.76. The summed E-state index contributed by atoms with van der Waals surface area (Å²) in [5.41, 5.74) is 1.23. The van der Waals surface area contributed by atoms with Crippen LogP contribution in [0.25, 0.3) is 11.0 Å². The summed E-state index contributed by atoms with van der Waals surface area (Å²) in [6.07, 6.45) is 2.86. The number of imidazole rings is 1. The molecule has 1 aliphatic rings. The van der Waals surface area contributed by atoms with E-state index in [-0.39, 0.29) is 23.1 Å². The molecule has 6 nitrogen and oxygen atoms in total. The van der Waals surface area contributed by atoms with Crippen LogP contribution in [0.2, 0.25) is 0 Å². The Bertz CT molecular complexity index is 779. The molecular weight excluding hydrogens is 280 g/mol. The largest absolute Gasteiger partial charge is 0.478 e. The van der Waals surface area contributed by atoms with Gasteiger partial charge in [0.15, 0.2) is 9.84 Å². The van der Waals surface area contributed by atoms with Gasteiger partial charge < -0.3 is 9.67 Å². The number of para-hydroxylation sites is 1. The number of carboxylic acid groups (broad SMARTS) is 1. The Morgan fingerprint density at radius 1 is 1.40 bits per heavy atom. The Kier molecular flexibility index (Phi) is 3.01. The van der Waals surface area contributed by atoms with Crippen molar-refractivity contribution in [3.05, 3.63) is 30.1 Å². The predicted molar refractivity (Wildman–Crippen MR) is 73.6 cm³/mol. The van der Waals surface area contributed by atoms with E-state index >= 15 is 0 Å². The van der Waals surface area contributed by atoms with Crippen molar-refractivity contribution in [2.75, 3.05) is 11.5 Å². The van der Waals surface area contributed by atoms with Crippen LogP contribution < -0.4 is 0 Å². The molecular formula is C13H14N2O4S. The molecule has 3 rings (SSSR count). The molecule has 106 valence electrons. The van der Waals surface area contributed by atoms with Gasteiger partial charge in [0.05, 0.1) is 34.4 Å². The van der Waals surface area contributed by atoms with Gasteiger partial charge in [-0.25, -0.2) is 18.2 Å². The first-order valence-electron chi connectivity index (χ1n) is 6.37. The maximum Gasteiger partial charge on any atom is 0.337 e. The van der Waals surface area contributed by atoms with E-state index in [4.69, 9.17) is 0 Å². The second-order valence-corrected chi connectivity index (χ2v) is 7.27. The average molecular weight is 294 g/mol. The van der Waals surface area contributed by atoms with Gasteiger partial charge in [-0.05, 0) is 25.0 Å². The van der Waals surface area contributed by atoms with Crippen LogP contribution in [0.1, 0.15) is 29.2 Å². The molecule has 0 saturated carbocycles. The van der Waals surface area contributed by atoms with Gasteiger partial charge in [-0.1, -0.05) is 6.07 Å². The first-order chi connectivity index (χ1) is 9.48. The first kappa shape index (κ1) is 13.1. The van der Waals surface area contributed by atoms with Gasteiger partial charge in [0, 0.05) is 6.04 Å². The van der Waals surface area contributed by atoms with Crippen molar-refractivity contribution in [2.24, 2.45) is 0 Å². The number of aromatic carboxylic acids is 1. The van der Waals surface area contributed by atoms with Crippen molar-refractivity contribution < 1.29 is 18.3 Å². The Hall–Kier alpha value is -1.89. The van der Waals surface area contributed by atoms with Crippen molar-refractivity contribution in [3.63, 3.8) is 0 Å². The van der Waals surface area contributed by atoms with Gasteiger partial charge in [0.25, 0.3) is 0 Å². The zero-order valence-corrected chi connectivity index (χ0v) is 11.5. The number of rotatable bonds is 2. The van der Waals surface area contributed by atoms with E-state index in [1.54, 1.807) is 23.0 Å². The quantitative estimate of drug-likeness (QED) is 0.906. The molecule has 2 aromatic rings. The van der Waals surface area contributed by atoms with Crippen LogP contribution in [-0.2, 0) is 9.84 Å². The van der Waals surface area contributed by atoms with E-state index in [9.17, 15) is 18.3 Å². The van der Waals surface area contributed by atoms with E-state index in [0.717, 1.165) is 6.42 Å². The lowest BCUT2D eigenvalue weighted by Crippen LogP contribution is -2.27. The summed E-state index contributed by atoms with van der Waals surface area (Å²) >= 11 is 0. The summed E-state index contributed by atoms with van der Waals surface area (Å²) in [6.45, 7) is 0. The molecule has 0 amide bonds. The molecule has 0 aliphatic carbocycles. The van der Waals surface area contributed by atoms with E-state index in [2.05, 4.69) is 4.98 Å². The fraction of sp³-hybridized carbons (Fsp3) is 0.385. The minimum absolute atomic E-state index is 0.0480. The van der Waals surface area contributed by atoms with Gasteiger partial charge in [-0.2, -0.15) is 0 Å². The zero-order chi connectivity index (χ0) is 14.3. The normalized spacial score (nSPS) is 21.9. The monoisotopic (exact) mass is 294 g/mol. The van der Waals surface area contributed by atoms with Crippen molar-refractivity contribution in [3.8, 4) is 0 Å². The Morgan fingerprint density at radius 3 is 2.90 bits per heavy atom. The van der Waals surface area contributed by atoms with E-state index < -0.39 is 15.8 Å². The number of carbonyl (C=O) groups is 1. The molecule has 20 heavy (non-hydrogen) atoms. The highest BCUT2D eigenvalue weighted by molar-refractivity contribution is 7.91. The standard InChI is InChI=1S/C13H14N2O4S/c16-13(17)10-4-1-5-11-12(10)15(8-14-11)9-3-2-6-20(18,19)7-9/h1,4-5,8-9H,2-3,6-7H2,(H,16,17). The lowest BCUT2D eigenvalue weighted by Gasteiger charge is -2.24. The first-order valence-corrected chi connectivity index (χ1v) is 8.19. The van der Waals surface area contributed by atoms with E-state index in [0.29, 0.717) is 17.5 Å². The molecule has 0 spiro atoms. The molecule has 1 unspecified atom stereocenters. The third-order valence-electron chi connectivity index (χ3n) is 3.66. The minimum atomic E-state index is -3.06. The number of hydrogen-bond acceptors (Lipinski definition) is 4. The van der Waals surface area contributed by atoms with E-state index in [1.165, 1.54) is 6.07 Å². The molecule has 1 N–H and O–H groups in total. The number of aromatic nitrogens is 2. The van der Waals surface area contributed by atoms with Crippen molar-refractivity contribution in [1.29, 1.82) is 0 Å². The molecule has 0 bridgehead atoms. The summed E-state index contributed by atoms with van der Waals surface area (Å²) in [7, 11) is -3.06. The third kappa shape index (κ3) is 2.18. The van der Waals surface area contributed by atoms with Crippen LogP contribution in [0.5, 0.6) is 0 Å². The van der Waals surface area contributed by atoms with Gasteiger partial charge in [0.1, 0.15) is 0 Å². The van der Waals surface area contributed by atoms with Crippen LogP contribution in [0.4, 0.5) is 0 Å². The van der Waals surface area contributed by atoms with Crippen LogP contribution in [0, 0.1) is 0 Å². The van der Waals surface area contributed by atoms with Crippen molar-refractivity contribution in [1.82, 2.24) is 9.55 Å². The van der Waals surface area contributed by atoms with Gasteiger partial charge in [-0.3, -0.25) is 0 Å². The number of benzene rings is 1. The van der Waals surface area contributed by atoms with Crippen molar-refractivity contribution >= 4 is 26.8 Å². The van der Waals surface area contributed by atoms with Crippen LogP contribution in [-0.4, -0.2) is 40.6 Å². The molecule has 1 atom stereocenters. The number of sulfone groups is 1. The molecule has 0 radical (unpaired) electrons. The molecule has 1 aliphatic heterocycles. The Morgan fingerprint density at radius 2 is 2.20 bits per heavy atom.